The zero-order chi connectivity index (χ0) is 18.3. The quantitative estimate of drug-likeness (QED) is 0.820. The summed E-state index contributed by atoms with van der Waals surface area (Å²) in [5.74, 6) is 0. The Morgan fingerprint density at radius 2 is 1.28 bits per heavy atom. The second-order valence-electron chi connectivity index (χ2n) is 6.22. The minimum absolute atomic E-state index is 0.126. The number of aliphatic hydroxyl groups excluding tert-OH is 1. The summed E-state index contributed by atoms with van der Waals surface area (Å²) in [6.45, 7) is 1.91. The summed E-state index contributed by atoms with van der Waals surface area (Å²) in [6, 6.07) is 21.6. The van der Waals surface area contributed by atoms with E-state index in [9.17, 15) is 13.5 Å². The van der Waals surface area contributed by atoms with Crippen molar-refractivity contribution >= 4 is 10.1 Å². The lowest BCUT2D eigenvalue weighted by molar-refractivity contribution is 0.0688. The van der Waals surface area contributed by atoms with Crippen molar-refractivity contribution in [1.29, 1.82) is 0 Å². The molecule has 6 heteroatoms. The number of hydrogen-bond acceptors (Lipinski definition) is 4. The monoisotopic (exact) mass is 363 g/mol. The first-order valence-electron chi connectivity index (χ1n) is 8.29. The molecule has 1 saturated heterocycles. The fourth-order valence-corrected chi connectivity index (χ4v) is 3.03. The van der Waals surface area contributed by atoms with E-state index in [-0.39, 0.29) is 6.10 Å². The minimum atomic E-state index is -3.67. The summed E-state index contributed by atoms with van der Waals surface area (Å²) in [6.07, 6.45) is 2.33. The van der Waals surface area contributed by atoms with Gasteiger partial charge in [0.2, 0.25) is 0 Å². The van der Waals surface area contributed by atoms with E-state index < -0.39 is 10.1 Å². The van der Waals surface area contributed by atoms with E-state index in [1.165, 1.54) is 11.1 Å². The van der Waals surface area contributed by atoms with Crippen LogP contribution in [0.25, 0.3) is 0 Å². The highest BCUT2D eigenvalue weighted by molar-refractivity contribution is 7.85. The third kappa shape index (κ3) is 6.96. The van der Waals surface area contributed by atoms with Gasteiger partial charge in [0.25, 0.3) is 10.1 Å². The fraction of sp³-hybridized carbons (Fsp3) is 0.368. The standard InChI is InChI=1S/C18H21NO.CH4O3S/c20-17-11-13-19(14-12-17)18(15-7-3-1-4-8-15)16-9-5-2-6-10-16;1-5(2,3)4/h1-10,17-18,20H,11-14H2;1H3,(H,2,3,4). The summed E-state index contributed by atoms with van der Waals surface area (Å²) in [7, 11) is -3.67. The Balaban J connectivity index is 0.000000399. The molecule has 0 aliphatic carbocycles. The molecule has 2 aromatic rings. The third-order valence-electron chi connectivity index (χ3n) is 4.09. The SMILES string of the molecule is CS(=O)(=O)O.OC1CCN(C(c2ccccc2)c2ccccc2)CC1. The molecule has 1 aliphatic heterocycles. The van der Waals surface area contributed by atoms with Gasteiger partial charge in [-0.25, -0.2) is 0 Å². The Hall–Kier alpha value is -1.73. The zero-order valence-electron chi connectivity index (χ0n) is 14.3. The van der Waals surface area contributed by atoms with Crippen LogP contribution in [0, 0.1) is 0 Å². The zero-order valence-corrected chi connectivity index (χ0v) is 15.1. The average molecular weight is 363 g/mol. The Bertz CT molecular complexity index is 679. The van der Waals surface area contributed by atoms with E-state index in [2.05, 4.69) is 65.6 Å². The Morgan fingerprint density at radius 3 is 1.64 bits per heavy atom. The highest BCUT2D eigenvalue weighted by Crippen LogP contribution is 2.30. The molecule has 0 unspecified atom stereocenters. The van der Waals surface area contributed by atoms with Gasteiger partial charge in [0.1, 0.15) is 0 Å². The van der Waals surface area contributed by atoms with E-state index in [1.807, 2.05) is 0 Å². The fourth-order valence-electron chi connectivity index (χ4n) is 3.03. The van der Waals surface area contributed by atoms with Crippen LogP contribution in [-0.2, 0) is 10.1 Å². The maximum Gasteiger partial charge on any atom is 0.261 e. The number of benzene rings is 2. The van der Waals surface area contributed by atoms with E-state index in [1.54, 1.807) is 0 Å². The van der Waals surface area contributed by atoms with Crippen molar-refractivity contribution in [2.45, 2.75) is 25.0 Å². The molecule has 25 heavy (non-hydrogen) atoms. The van der Waals surface area contributed by atoms with Gasteiger partial charge in [-0.05, 0) is 24.0 Å². The molecule has 0 radical (unpaired) electrons. The van der Waals surface area contributed by atoms with Crippen LogP contribution in [0.3, 0.4) is 0 Å². The largest absolute Gasteiger partial charge is 0.393 e. The summed E-state index contributed by atoms with van der Waals surface area (Å²) < 4.78 is 25.9. The molecule has 136 valence electrons. The molecule has 0 atom stereocenters. The van der Waals surface area contributed by atoms with Gasteiger partial charge in [-0.1, -0.05) is 60.7 Å². The Morgan fingerprint density at radius 1 is 0.920 bits per heavy atom. The van der Waals surface area contributed by atoms with Crippen molar-refractivity contribution < 1.29 is 18.1 Å². The lowest BCUT2D eigenvalue weighted by atomic mass is 9.94. The topological polar surface area (TPSA) is 77.8 Å². The van der Waals surface area contributed by atoms with Gasteiger partial charge >= 0.3 is 0 Å². The van der Waals surface area contributed by atoms with Crippen LogP contribution in [0.1, 0.15) is 30.0 Å². The molecule has 1 aliphatic rings. The molecule has 0 saturated carbocycles. The molecule has 0 aromatic heterocycles. The van der Waals surface area contributed by atoms with Crippen molar-refractivity contribution in [3.8, 4) is 0 Å². The van der Waals surface area contributed by atoms with Crippen LogP contribution >= 0.6 is 0 Å². The van der Waals surface area contributed by atoms with Crippen molar-refractivity contribution in [2.24, 2.45) is 0 Å². The Kier molecular flexibility index (Phi) is 7.13. The van der Waals surface area contributed by atoms with Crippen molar-refractivity contribution in [2.75, 3.05) is 19.3 Å². The van der Waals surface area contributed by atoms with Gasteiger partial charge in [0, 0.05) is 13.1 Å². The van der Waals surface area contributed by atoms with Crippen molar-refractivity contribution in [1.82, 2.24) is 4.90 Å². The number of rotatable bonds is 3. The molecule has 2 N–H and O–H groups in total. The predicted octanol–water partition coefficient (Wildman–Crippen LogP) is 2.74. The van der Waals surface area contributed by atoms with Gasteiger partial charge in [-0.2, -0.15) is 8.42 Å². The summed E-state index contributed by atoms with van der Waals surface area (Å²) in [4.78, 5) is 2.48. The van der Waals surface area contributed by atoms with Crippen molar-refractivity contribution in [3.05, 3.63) is 71.8 Å². The molecule has 0 bridgehead atoms. The molecule has 1 heterocycles. The average Bonchev–Trinajstić information content (AvgIpc) is 2.57. The van der Waals surface area contributed by atoms with E-state index in [4.69, 9.17) is 4.55 Å². The minimum Gasteiger partial charge on any atom is -0.393 e. The smallest absolute Gasteiger partial charge is 0.261 e. The lowest BCUT2D eigenvalue weighted by Gasteiger charge is -2.36. The highest BCUT2D eigenvalue weighted by atomic mass is 32.2. The second-order valence-corrected chi connectivity index (χ2v) is 7.69. The van der Waals surface area contributed by atoms with Crippen LogP contribution in [-0.4, -0.2) is 48.4 Å². The molecule has 2 aromatic carbocycles. The van der Waals surface area contributed by atoms with E-state index >= 15 is 0 Å². The number of piperidine rings is 1. The highest BCUT2D eigenvalue weighted by Gasteiger charge is 2.26. The van der Waals surface area contributed by atoms with Gasteiger partial charge in [-0.15, -0.1) is 0 Å². The van der Waals surface area contributed by atoms with Gasteiger partial charge in [0.15, 0.2) is 0 Å². The van der Waals surface area contributed by atoms with Gasteiger partial charge in [0.05, 0.1) is 18.4 Å². The van der Waals surface area contributed by atoms with Gasteiger partial charge in [-0.3, -0.25) is 9.45 Å². The first kappa shape index (κ1) is 19.6. The van der Waals surface area contributed by atoms with Crippen LogP contribution in [0.2, 0.25) is 0 Å². The van der Waals surface area contributed by atoms with Crippen LogP contribution in [0.4, 0.5) is 0 Å². The number of likely N-dealkylation sites (tertiary alicyclic amines) is 1. The number of hydrogen-bond donors (Lipinski definition) is 2. The van der Waals surface area contributed by atoms with E-state index in [0.29, 0.717) is 12.3 Å². The maximum atomic E-state index is 9.72. The summed E-state index contributed by atoms with van der Waals surface area (Å²) in [5.41, 5.74) is 2.66. The Labute approximate surface area is 149 Å². The molecule has 5 nitrogen and oxygen atoms in total. The third-order valence-corrected chi connectivity index (χ3v) is 4.09. The number of aliphatic hydroxyl groups is 1. The predicted molar refractivity (Wildman–Crippen MR) is 99.0 cm³/mol. The van der Waals surface area contributed by atoms with Gasteiger partial charge < -0.3 is 5.11 Å². The summed E-state index contributed by atoms with van der Waals surface area (Å²) >= 11 is 0. The first-order chi connectivity index (χ1) is 11.8. The normalized spacial score (nSPS) is 16.3. The van der Waals surface area contributed by atoms with Crippen molar-refractivity contribution in [3.63, 3.8) is 0 Å². The van der Waals surface area contributed by atoms with E-state index in [0.717, 1.165) is 25.9 Å². The second kappa shape index (κ2) is 9.10. The molecular formula is C19H25NO4S. The molecule has 1 fully saturated rings. The lowest BCUT2D eigenvalue weighted by Crippen LogP contribution is -2.38. The molecule has 0 spiro atoms. The summed E-state index contributed by atoms with van der Waals surface area (Å²) in [5, 5.41) is 9.72. The molecule has 0 amide bonds. The van der Waals surface area contributed by atoms with Crippen LogP contribution in [0.5, 0.6) is 0 Å². The molecule has 3 rings (SSSR count). The van der Waals surface area contributed by atoms with Crippen LogP contribution < -0.4 is 0 Å². The first-order valence-corrected chi connectivity index (χ1v) is 10.1. The number of nitrogens with zero attached hydrogens (tertiary/aromatic N) is 1. The maximum absolute atomic E-state index is 9.72. The molecular weight excluding hydrogens is 338 g/mol. The van der Waals surface area contributed by atoms with Crippen LogP contribution in [0.15, 0.2) is 60.7 Å².